The van der Waals surface area contributed by atoms with Crippen molar-refractivity contribution in [2.75, 3.05) is 32.7 Å². The van der Waals surface area contributed by atoms with Crippen LogP contribution in [-0.2, 0) is 4.79 Å². The maximum absolute atomic E-state index is 11.4. The van der Waals surface area contributed by atoms with E-state index in [1.54, 1.807) is 39.5 Å². The summed E-state index contributed by atoms with van der Waals surface area (Å²) in [6.45, 7) is -0.0360. The Labute approximate surface area is 94.7 Å². The number of carbonyl (C=O) groups excluding carboxylic acids is 1. The van der Waals surface area contributed by atoms with Crippen molar-refractivity contribution < 1.29 is 14.3 Å². The van der Waals surface area contributed by atoms with Gasteiger partial charge in [-0.25, -0.2) is 0 Å². The van der Waals surface area contributed by atoms with Crippen LogP contribution in [0.4, 0.5) is 5.69 Å². The predicted octanol–water partition coefficient (Wildman–Crippen LogP) is 0.625. The molecular weight excluding hydrogens is 208 g/mol. The highest BCUT2D eigenvalue weighted by molar-refractivity contribution is 5.95. The van der Waals surface area contributed by atoms with Crippen molar-refractivity contribution in [1.29, 1.82) is 0 Å². The first-order valence-corrected chi connectivity index (χ1v) is 4.82. The molecule has 0 aliphatic carbocycles. The summed E-state index contributed by atoms with van der Waals surface area (Å²) in [6, 6.07) is 5.24. The normalized spacial score (nSPS) is 9.75. The topological polar surface area (TPSA) is 64.8 Å². The second kappa shape index (κ2) is 5.37. The minimum absolute atomic E-state index is 0.0360. The average Bonchev–Trinajstić information content (AvgIpc) is 2.35. The first kappa shape index (κ1) is 12.3. The van der Waals surface area contributed by atoms with Gasteiger partial charge in [0.05, 0.1) is 26.5 Å². The van der Waals surface area contributed by atoms with Gasteiger partial charge >= 0.3 is 0 Å². The van der Waals surface area contributed by atoms with E-state index in [2.05, 4.69) is 0 Å². The molecule has 0 fully saturated rings. The minimum atomic E-state index is -0.177. The largest absolute Gasteiger partial charge is 0.497 e. The third-order valence-electron chi connectivity index (χ3n) is 2.30. The van der Waals surface area contributed by atoms with Crippen LogP contribution in [0.15, 0.2) is 18.2 Å². The molecule has 0 saturated heterocycles. The first-order chi connectivity index (χ1) is 7.63. The molecule has 1 aromatic carbocycles. The lowest BCUT2D eigenvalue weighted by molar-refractivity contribution is -0.117. The van der Waals surface area contributed by atoms with Crippen molar-refractivity contribution in [2.45, 2.75) is 0 Å². The number of anilines is 1. The smallest absolute Gasteiger partial charge is 0.240 e. The van der Waals surface area contributed by atoms with Crippen molar-refractivity contribution in [3.63, 3.8) is 0 Å². The van der Waals surface area contributed by atoms with Crippen LogP contribution in [0, 0.1) is 0 Å². The van der Waals surface area contributed by atoms with E-state index < -0.39 is 0 Å². The number of nitrogens with zero attached hydrogens (tertiary/aromatic N) is 1. The molecule has 0 saturated carbocycles. The molecule has 0 atom stereocenters. The lowest BCUT2D eigenvalue weighted by atomic mass is 10.2. The summed E-state index contributed by atoms with van der Waals surface area (Å²) >= 11 is 0. The monoisotopic (exact) mass is 224 g/mol. The minimum Gasteiger partial charge on any atom is -0.497 e. The van der Waals surface area contributed by atoms with Crippen LogP contribution in [0.1, 0.15) is 0 Å². The fourth-order valence-corrected chi connectivity index (χ4v) is 1.33. The molecule has 88 valence electrons. The molecule has 5 nitrogen and oxygen atoms in total. The third kappa shape index (κ3) is 2.43. The molecule has 1 amide bonds. The van der Waals surface area contributed by atoms with Gasteiger partial charge in [0.15, 0.2) is 0 Å². The molecule has 0 bridgehead atoms. The molecular formula is C11H16N2O3. The fraction of sp³-hybridized carbons (Fsp3) is 0.364. The van der Waals surface area contributed by atoms with Crippen molar-refractivity contribution in [2.24, 2.45) is 5.73 Å². The quantitative estimate of drug-likeness (QED) is 0.814. The van der Waals surface area contributed by atoms with Gasteiger partial charge in [-0.2, -0.15) is 0 Å². The van der Waals surface area contributed by atoms with Crippen LogP contribution >= 0.6 is 0 Å². The van der Waals surface area contributed by atoms with Crippen molar-refractivity contribution in [3.8, 4) is 11.5 Å². The summed E-state index contributed by atoms with van der Waals surface area (Å²) in [5.41, 5.74) is 5.97. The highest BCUT2D eigenvalue weighted by atomic mass is 16.5. The number of hydrogen-bond acceptors (Lipinski definition) is 4. The third-order valence-corrected chi connectivity index (χ3v) is 2.30. The number of benzene rings is 1. The van der Waals surface area contributed by atoms with Gasteiger partial charge < -0.3 is 20.1 Å². The molecule has 1 rings (SSSR count). The Morgan fingerprint density at radius 1 is 1.38 bits per heavy atom. The van der Waals surface area contributed by atoms with Gasteiger partial charge in [-0.1, -0.05) is 0 Å². The van der Waals surface area contributed by atoms with Gasteiger partial charge in [-0.15, -0.1) is 0 Å². The van der Waals surface area contributed by atoms with Crippen molar-refractivity contribution in [3.05, 3.63) is 18.2 Å². The van der Waals surface area contributed by atoms with Crippen molar-refractivity contribution in [1.82, 2.24) is 0 Å². The van der Waals surface area contributed by atoms with E-state index in [1.807, 2.05) is 0 Å². The number of hydrogen-bond donors (Lipinski definition) is 1. The van der Waals surface area contributed by atoms with Crippen LogP contribution in [0.25, 0.3) is 0 Å². The Hall–Kier alpha value is -1.75. The molecule has 0 aliphatic rings. The molecule has 1 aromatic rings. The molecule has 16 heavy (non-hydrogen) atoms. The zero-order valence-corrected chi connectivity index (χ0v) is 9.69. The molecule has 0 heterocycles. The maximum atomic E-state index is 11.4. The van der Waals surface area contributed by atoms with Gasteiger partial charge in [0, 0.05) is 13.1 Å². The van der Waals surface area contributed by atoms with Crippen LogP contribution in [0.5, 0.6) is 11.5 Å². The molecule has 5 heteroatoms. The summed E-state index contributed by atoms with van der Waals surface area (Å²) in [4.78, 5) is 12.9. The number of amides is 1. The Kier molecular flexibility index (Phi) is 4.13. The number of rotatable bonds is 4. The second-order valence-corrected chi connectivity index (χ2v) is 3.19. The van der Waals surface area contributed by atoms with Gasteiger partial charge in [0.25, 0.3) is 0 Å². The van der Waals surface area contributed by atoms with E-state index in [0.29, 0.717) is 17.2 Å². The summed E-state index contributed by atoms with van der Waals surface area (Å²) in [5.74, 6) is 1.07. The zero-order valence-electron chi connectivity index (χ0n) is 9.69. The van der Waals surface area contributed by atoms with E-state index in [9.17, 15) is 4.79 Å². The summed E-state index contributed by atoms with van der Waals surface area (Å²) in [5, 5.41) is 0. The summed E-state index contributed by atoms with van der Waals surface area (Å²) < 4.78 is 10.3. The molecule has 0 unspecified atom stereocenters. The lowest BCUT2D eigenvalue weighted by Gasteiger charge is -2.19. The Balaban J connectivity index is 3.08. The second-order valence-electron chi connectivity index (χ2n) is 3.19. The Bertz CT molecular complexity index is 379. The predicted molar refractivity (Wildman–Crippen MR) is 62.0 cm³/mol. The summed E-state index contributed by atoms with van der Waals surface area (Å²) in [7, 11) is 4.77. The van der Waals surface area contributed by atoms with E-state index in [-0.39, 0.29) is 12.5 Å². The number of methoxy groups -OCH3 is 2. The van der Waals surface area contributed by atoms with E-state index in [1.165, 1.54) is 4.90 Å². The lowest BCUT2D eigenvalue weighted by Crippen LogP contribution is -2.32. The number of carbonyl (C=O) groups is 1. The van der Waals surface area contributed by atoms with Crippen LogP contribution < -0.4 is 20.1 Å². The van der Waals surface area contributed by atoms with E-state index in [4.69, 9.17) is 15.2 Å². The van der Waals surface area contributed by atoms with Crippen molar-refractivity contribution >= 4 is 11.6 Å². The van der Waals surface area contributed by atoms with E-state index >= 15 is 0 Å². The molecule has 0 aliphatic heterocycles. The highest BCUT2D eigenvalue weighted by Gasteiger charge is 2.14. The molecule has 0 aromatic heterocycles. The number of likely N-dealkylation sites (N-methyl/N-ethyl adjacent to an activating group) is 1. The summed E-state index contributed by atoms with van der Waals surface area (Å²) in [6.07, 6.45) is 0. The average molecular weight is 224 g/mol. The Morgan fingerprint density at radius 2 is 2.06 bits per heavy atom. The number of ether oxygens (including phenoxy) is 2. The SMILES string of the molecule is COc1ccc(N(C)C(=O)CN)c(OC)c1. The first-order valence-electron chi connectivity index (χ1n) is 4.82. The number of nitrogens with two attached hydrogens (primary N) is 1. The van der Waals surface area contributed by atoms with Crippen LogP contribution in [-0.4, -0.2) is 33.7 Å². The van der Waals surface area contributed by atoms with Gasteiger partial charge in [0.2, 0.25) is 5.91 Å². The van der Waals surface area contributed by atoms with Gasteiger partial charge in [-0.3, -0.25) is 4.79 Å². The molecule has 0 spiro atoms. The molecule has 0 radical (unpaired) electrons. The zero-order chi connectivity index (χ0) is 12.1. The van der Waals surface area contributed by atoms with E-state index in [0.717, 1.165) is 0 Å². The van der Waals surface area contributed by atoms with Crippen LogP contribution in [0.3, 0.4) is 0 Å². The van der Waals surface area contributed by atoms with Crippen LogP contribution in [0.2, 0.25) is 0 Å². The standard InChI is InChI=1S/C11H16N2O3/c1-13(11(14)7-12)9-5-4-8(15-2)6-10(9)16-3/h4-6H,7,12H2,1-3H3. The Morgan fingerprint density at radius 3 is 2.56 bits per heavy atom. The maximum Gasteiger partial charge on any atom is 0.240 e. The fourth-order valence-electron chi connectivity index (χ4n) is 1.33. The van der Waals surface area contributed by atoms with Gasteiger partial charge in [0.1, 0.15) is 11.5 Å². The molecule has 2 N–H and O–H groups in total. The highest BCUT2D eigenvalue weighted by Crippen LogP contribution is 2.31. The van der Waals surface area contributed by atoms with Gasteiger partial charge in [-0.05, 0) is 12.1 Å².